The van der Waals surface area contributed by atoms with Gasteiger partial charge < -0.3 is 10.2 Å². The summed E-state index contributed by atoms with van der Waals surface area (Å²) >= 11 is 0. The molecule has 180 valence electrons. The number of rotatable bonds is 6. The lowest BCUT2D eigenvalue weighted by atomic mass is 9.82. The topological polar surface area (TPSA) is 119 Å². The molecule has 12 heteroatoms. The van der Waals surface area contributed by atoms with Gasteiger partial charge in [-0.15, -0.1) is 0 Å². The molecule has 0 aromatic heterocycles. The van der Waals surface area contributed by atoms with Gasteiger partial charge >= 0.3 is 6.03 Å². The molecule has 2 heterocycles. The minimum atomic E-state index is -3.93. The van der Waals surface area contributed by atoms with Gasteiger partial charge in [0.15, 0.2) is 0 Å². The van der Waals surface area contributed by atoms with Crippen molar-refractivity contribution < 1.29 is 27.2 Å². The highest BCUT2D eigenvalue weighted by Crippen LogP contribution is 2.33. The third-order valence-corrected chi connectivity index (χ3v) is 8.48. The van der Waals surface area contributed by atoms with E-state index in [0.29, 0.717) is 32.5 Å². The zero-order valence-corrected chi connectivity index (χ0v) is 19.1. The van der Waals surface area contributed by atoms with E-state index in [1.54, 1.807) is 0 Å². The number of nitrogens with one attached hydrogen (secondary N) is 2. The molecule has 0 unspecified atom stereocenters. The molecule has 33 heavy (non-hydrogen) atoms. The second kappa shape index (κ2) is 9.35. The number of piperazine rings is 1. The zero-order valence-electron chi connectivity index (χ0n) is 18.3. The molecule has 1 saturated carbocycles. The fourth-order valence-corrected chi connectivity index (χ4v) is 6.13. The number of carbonyl (C=O) groups is 3. The highest BCUT2D eigenvalue weighted by Gasteiger charge is 2.52. The third kappa shape index (κ3) is 4.73. The average Bonchev–Trinajstić information content (AvgIpc) is 3.02. The molecule has 1 aliphatic carbocycles. The van der Waals surface area contributed by atoms with Crippen LogP contribution in [0.3, 0.4) is 0 Å². The molecule has 1 aromatic rings. The van der Waals surface area contributed by atoms with Gasteiger partial charge in [0.1, 0.15) is 16.3 Å². The maximum atomic E-state index is 13.9. The molecule has 3 aliphatic rings. The van der Waals surface area contributed by atoms with Gasteiger partial charge in [0.2, 0.25) is 15.9 Å². The number of hydrogen-bond acceptors (Lipinski definition) is 6. The van der Waals surface area contributed by atoms with E-state index in [-0.39, 0.29) is 24.4 Å². The Kier molecular flexibility index (Phi) is 6.68. The third-order valence-electron chi connectivity index (χ3n) is 6.55. The van der Waals surface area contributed by atoms with Gasteiger partial charge in [-0.1, -0.05) is 31.4 Å². The summed E-state index contributed by atoms with van der Waals surface area (Å²) in [5.74, 6) is -1.66. The van der Waals surface area contributed by atoms with Crippen LogP contribution in [0.15, 0.2) is 29.2 Å². The highest BCUT2D eigenvalue weighted by atomic mass is 32.2. The number of nitrogens with zero attached hydrogens (tertiary/aromatic N) is 3. The first-order valence-corrected chi connectivity index (χ1v) is 12.6. The molecule has 1 aromatic carbocycles. The van der Waals surface area contributed by atoms with Crippen LogP contribution < -0.4 is 10.7 Å². The van der Waals surface area contributed by atoms with Crippen molar-refractivity contribution in [1.29, 1.82) is 0 Å². The Morgan fingerprint density at radius 3 is 2.39 bits per heavy atom. The number of hydrazine groups is 1. The van der Waals surface area contributed by atoms with Gasteiger partial charge in [-0.05, 0) is 25.0 Å². The van der Waals surface area contributed by atoms with Crippen LogP contribution in [0.2, 0.25) is 0 Å². The van der Waals surface area contributed by atoms with Crippen LogP contribution >= 0.6 is 0 Å². The summed E-state index contributed by atoms with van der Waals surface area (Å²) in [6.45, 7) is 1.45. The summed E-state index contributed by atoms with van der Waals surface area (Å²) in [6.07, 6.45) is 3.92. The van der Waals surface area contributed by atoms with Crippen molar-refractivity contribution >= 4 is 27.9 Å². The maximum Gasteiger partial charge on any atom is 0.344 e. The van der Waals surface area contributed by atoms with Crippen molar-refractivity contribution in [3.8, 4) is 0 Å². The van der Waals surface area contributed by atoms with Crippen LogP contribution in [0.1, 0.15) is 38.5 Å². The highest BCUT2D eigenvalue weighted by molar-refractivity contribution is 7.89. The zero-order chi connectivity index (χ0) is 23.6. The lowest BCUT2D eigenvalue weighted by Gasteiger charge is -2.34. The number of amides is 4. The molecule has 0 atom stereocenters. The van der Waals surface area contributed by atoms with Gasteiger partial charge in [0.05, 0.1) is 0 Å². The molecule has 2 N–H and O–H groups in total. The summed E-state index contributed by atoms with van der Waals surface area (Å²) in [5, 5.41) is 3.52. The maximum absolute atomic E-state index is 13.9. The number of benzene rings is 1. The van der Waals surface area contributed by atoms with Gasteiger partial charge in [-0.25, -0.2) is 17.6 Å². The van der Waals surface area contributed by atoms with E-state index in [2.05, 4.69) is 10.7 Å². The Balaban J connectivity index is 1.25. The molecule has 10 nitrogen and oxygen atoms in total. The molecular formula is C21H28FN5O5S. The minimum Gasteiger partial charge on any atom is -0.322 e. The van der Waals surface area contributed by atoms with Crippen LogP contribution in [0.5, 0.6) is 0 Å². The predicted molar refractivity (Wildman–Crippen MR) is 116 cm³/mol. The minimum absolute atomic E-state index is 0.0458. The Morgan fingerprint density at radius 1 is 1.06 bits per heavy atom. The largest absolute Gasteiger partial charge is 0.344 e. The van der Waals surface area contributed by atoms with Crippen molar-refractivity contribution in [2.45, 2.75) is 49.0 Å². The van der Waals surface area contributed by atoms with E-state index in [4.69, 9.17) is 0 Å². The molecule has 4 amide bonds. The molecule has 0 radical (unpaired) electrons. The number of halogens is 1. The first-order chi connectivity index (χ1) is 15.7. The van der Waals surface area contributed by atoms with Crippen LogP contribution in [-0.2, 0) is 19.6 Å². The number of urea groups is 1. The van der Waals surface area contributed by atoms with E-state index in [0.717, 1.165) is 30.3 Å². The normalized spacial score (nSPS) is 21.9. The predicted octanol–water partition coefficient (Wildman–Crippen LogP) is 0.808. The van der Waals surface area contributed by atoms with Crippen molar-refractivity contribution in [3.05, 3.63) is 30.1 Å². The van der Waals surface area contributed by atoms with Crippen LogP contribution in [-0.4, -0.2) is 78.7 Å². The lowest BCUT2D eigenvalue weighted by Crippen LogP contribution is -2.52. The quantitative estimate of drug-likeness (QED) is 0.581. The van der Waals surface area contributed by atoms with E-state index < -0.39 is 39.2 Å². The molecule has 2 aliphatic heterocycles. The summed E-state index contributed by atoms with van der Waals surface area (Å²) in [5.41, 5.74) is 1.51. The van der Waals surface area contributed by atoms with Gasteiger partial charge in [-0.3, -0.25) is 15.0 Å². The Bertz CT molecular complexity index is 1040. The Morgan fingerprint density at radius 2 is 1.73 bits per heavy atom. The molecule has 0 bridgehead atoms. The van der Waals surface area contributed by atoms with Gasteiger partial charge in [0.25, 0.3) is 5.91 Å². The second-order valence-corrected chi connectivity index (χ2v) is 10.6. The second-order valence-electron chi connectivity index (χ2n) is 8.67. The Hall–Kier alpha value is -2.57. The summed E-state index contributed by atoms with van der Waals surface area (Å²) in [7, 11) is -3.93. The van der Waals surface area contributed by atoms with Crippen molar-refractivity contribution in [3.63, 3.8) is 0 Å². The SMILES string of the molecule is O=C(CCN1CCN(S(=O)(=O)c2ccccc2F)CC1)NN1C(=O)NC2(CCCCC2)C1=O. The van der Waals surface area contributed by atoms with Crippen molar-refractivity contribution in [2.75, 3.05) is 32.7 Å². The van der Waals surface area contributed by atoms with Crippen molar-refractivity contribution in [1.82, 2.24) is 25.0 Å². The first-order valence-electron chi connectivity index (χ1n) is 11.2. The summed E-state index contributed by atoms with van der Waals surface area (Å²) in [4.78, 5) is 38.9. The molecule has 1 spiro atoms. The number of sulfonamides is 1. The van der Waals surface area contributed by atoms with Crippen LogP contribution in [0.25, 0.3) is 0 Å². The fraction of sp³-hybridized carbons (Fsp3) is 0.571. The fourth-order valence-electron chi connectivity index (χ4n) is 4.64. The first kappa shape index (κ1) is 23.6. The van der Waals surface area contributed by atoms with E-state index in [1.807, 2.05) is 4.90 Å². The standard InChI is InChI=1S/C21H28FN5O5S/c22-16-6-2-3-7-17(16)33(31,32)26-14-12-25(13-15-26)11-8-18(28)24-27-19(29)21(23-20(27)30)9-4-1-5-10-21/h2-3,6-7H,1,4-5,8-15H2,(H,23,30)(H,24,28). The van der Waals surface area contributed by atoms with Crippen molar-refractivity contribution in [2.24, 2.45) is 0 Å². The average molecular weight is 482 g/mol. The van der Waals surface area contributed by atoms with E-state index in [9.17, 15) is 27.2 Å². The van der Waals surface area contributed by atoms with Gasteiger partial charge in [-0.2, -0.15) is 9.31 Å². The molecule has 2 saturated heterocycles. The molecule has 4 rings (SSSR count). The summed E-state index contributed by atoms with van der Waals surface area (Å²) < 4.78 is 40.6. The Labute approximate surface area is 192 Å². The molecular weight excluding hydrogens is 453 g/mol. The lowest BCUT2D eigenvalue weighted by molar-refractivity contribution is -0.140. The number of imide groups is 1. The van der Waals surface area contributed by atoms with Crippen LogP contribution in [0, 0.1) is 5.82 Å². The number of hydrogen-bond donors (Lipinski definition) is 2. The van der Waals surface area contributed by atoms with Gasteiger partial charge in [0, 0.05) is 39.1 Å². The number of carbonyl (C=O) groups excluding carboxylic acids is 3. The monoisotopic (exact) mass is 481 g/mol. The van der Waals surface area contributed by atoms with Crippen LogP contribution in [0.4, 0.5) is 9.18 Å². The summed E-state index contributed by atoms with van der Waals surface area (Å²) in [6, 6.07) is 4.66. The van der Waals surface area contributed by atoms with E-state index in [1.165, 1.54) is 22.5 Å². The smallest absolute Gasteiger partial charge is 0.322 e. The van der Waals surface area contributed by atoms with E-state index >= 15 is 0 Å². The molecule has 3 fully saturated rings.